The molecule has 0 saturated heterocycles. The van der Waals surface area contributed by atoms with E-state index in [2.05, 4.69) is 5.32 Å². The van der Waals surface area contributed by atoms with Gasteiger partial charge in [0.15, 0.2) is 0 Å². The Morgan fingerprint density at radius 3 is 2.48 bits per heavy atom. The van der Waals surface area contributed by atoms with Crippen molar-refractivity contribution < 1.29 is 14.3 Å². The fourth-order valence-electron chi connectivity index (χ4n) is 1.91. The highest BCUT2D eigenvalue weighted by atomic mass is 32.2. The third-order valence-electron chi connectivity index (χ3n) is 2.93. The van der Waals surface area contributed by atoms with Gasteiger partial charge < -0.3 is 15.8 Å². The average molecular weight is 330 g/mol. The van der Waals surface area contributed by atoms with E-state index in [4.69, 9.17) is 10.5 Å². The first-order valence-corrected chi connectivity index (χ1v) is 8.13. The van der Waals surface area contributed by atoms with E-state index < -0.39 is 5.91 Å². The number of carbonyl (C=O) groups is 2. The van der Waals surface area contributed by atoms with Crippen molar-refractivity contribution in [3.05, 3.63) is 54.1 Å². The lowest BCUT2D eigenvalue weighted by Gasteiger charge is -2.10. The molecule has 0 aliphatic carbocycles. The molecule has 6 heteroatoms. The molecule has 2 amide bonds. The molecule has 0 spiro atoms. The standard InChI is InChI=1S/C17H18N2O3S/c1-2-22-13-9-7-12(8-10-13)17(21)19-14-5-3-4-6-15(14)23-11-16(18)20/h3-10H,2,11H2,1H3,(H2,18,20)(H,19,21). The Morgan fingerprint density at radius 2 is 1.83 bits per heavy atom. The zero-order valence-corrected chi connectivity index (χ0v) is 13.6. The Hall–Kier alpha value is -2.47. The number of anilines is 1. The number of ether oxygens (including phenoxy) is 1. The SMILES string of the molecule is CCOc1ccc(C(=O)Nc2ccccc2SCC(N)=O)cc1. The molecule has 0 unspecified atom stereocenters. The van der Waals surface area contributed by atoms with Crippen LogP contribution in [0, 0.1) is 0 Å². The van der Waals surface area contributed by atoms with Crippen molar-refractivity contribution in [2.45, 2.75) is 11.8 Å². The summed E-state index contributed by atoms with van der Waals surface area (Å²) < 4.78 is 5.35. The first-order chi connectivity index (χ1) is 11.1. The highest BCUT2D eigenvalue weighted by Gasteiger charge is 2.10. The summed E-state index contributed by atoms with van der Waals surface area (Å²) >= 11 is 1.29. The number of nitrogens with one attached hydrogen (secondary N) is 1. The van der Waals surface area contributed by atoms with E-state index in [1.807, 2.05) is 25.1 Å². The number of thioether (sulfide) groups is 1. The molecule has 0 atom stereocenters. The fraction of sp³-hybridized carbons (Fsp3) is 0.176. The number of primary amides is 1. The van der Waals surface area contributed by atoms with E-state index in [1.165, 1.54) is 11.8 Å². The van der Waals surface area contributed by atoms with Crippen molar-refractivity contribution in [3.63, 3.8) is 0 Å². The molecular weight excluding hydrogens is 312 g/mol. The van der Waals surface area contributed by atoms with Gasteiger partial charge >= 0.3 is 0 Å². The van der Waals surface area contributed by atoms with Crippen LogP contribution >= 0.6 is 11.8 Å². The first-order valence-electron chi connectivity index (χ1n) is 7.14. The van der Waals surface area contributed by atoms with Gasteiger partial charge in [-0.1, -0.05) is 12.1 Å². The maximum atomic E-state index is 12.3. The van der Waals surface area contributed by atoms with Gasteiger partial charge in [0, 0.05) is 10.5 Å². The summed E-state index contributed by atoms with van der Waals surface area (Å²) in [5, 5.41) is 2.85. The van der Waals surface area contributed by atoms with Gasteiger partial charge in [-0.25, -0.2) is 0 Å². The normalized spacial score (nSPS) is 10.1. The predicted molar refractivity (Wildman–Crippen MR) is 91.9 cm³/mol. The number of para-hydroxylation sites is 1. The third kappa shape index (κ3) is 5.03. The maximum absolute atomic E-state index is 12.3. The molecule has 0 saturated carbocycles. The van der Waals surface area contributed by atoms with Crippen LogP contribution < -0.4 is 15.8 Å². The summed E-state index contributed by atoms with van der Waals surface area (Å²) in [7, 11) is 0. The highest BCUT2D eigenvalue weighted by molar-refractivity contribution is 8.00. The van der Waals surface area contributed by atoms with Gasteiger partial charge in [-0.2, -0.15) is 0 Å². The van der Waals surface area contributed by atoms with Gasteiger partial charge in [0.25, 0.3) is 5.91 Å². The zero-order chi connectivity index (χ0) is 16.7. The van der Waals surface area contributed by atoms with E-state index in [0.717, 1.165) is 10.6 Å². The van der Waals surface area contributed by atoms with E-state index in [0.29, 0.717) is 17.9 Å². The van der Waals surface area contributed by atoms with Crippen LogP contribution in [0.1, 0.15) is 17.3 Å². The van der Waals surface area contributed by atoms with Crippen molar-refractivity contribution in [1.29, 1.82) is 0 Å². The summed E-state index contributed by atoms with van der Waals surface area (Å²) in [6.07, 6.45) is 0. The van der Waals surface area contributed by atoms with Crippen LogP contribution in [0.5, 0.6) is 5.75 Å². The summed E-state index contributed by atoms with van der Waals surface area (Å²) in [5.74, 6) is 0.264. The molecule has 120 valence electrons. The lowest BCUT2D eigenvalue weighted by atomic mass is 10.2. The maximum Gasteiger partial charge on any atom is 0.255 e. The molecule has 0 fully saturated rings. The number of benzene rings is 2. The van der Waals surface area contributed by atoms with Crippen LogP contribution in [0.3, 0.4) is 0 Å². The Labute approximate surface area is 139 Å². The van der Waals surface area contributed by atoms with Crippen LogP contribution in [0.2, 0.25) is 0 Å². The van der Waals surface area contributed by atoms with E-state index in [1.54, 1.807) is 30.3 Å². The van der Waals surface area contributed by atoms with Crippen molar-refractivity contribution >= 4 is 29.3 Å². The number of hydrogen-bond acceptors (Lipinski definition) is 4. The molecule has 2 aromatic carbocycles. The Kier molecular flexibility index (Phi) is 6.05. The minimum absolute atomic E-state index is 0.163. The summed E-state index contributed by atoms with van der Waals surface area (Å²) in [6, 6.07) is 14.2. The second kappa shape index (κ2) is 8.24. The number of hydrogen-bond donors (Lipinski definition) is 2. The van der Waals surface area contributed by atoms with Gasteiger partial charge in [-0.05, 0) is 43.3 Å². The van der Waals surface area contributed by atoms with E-state index in [9.17, 15) is 9.59 Å². The largest absolute Gasteiger partial charge is 0.494 e. The van der Waals surface area contributed by atoms with Gasteiger partial charge in [0.2, 0.25) is 5.91 Å². The molecule has 2 rings (SSSR count). The third-order valence-corrected chi connectivity index (χ3v) is 4.03. The quantitative estimate of drug-likeness (QED) is 0.765. The predicted octanol–water partition coefficient (Wildman–Crippen LogP) is 2.92. The monoisotopic (exact) mass is 330 g/mol. The van der Waals surface area contributed by atoms with Crippen LogP contribution in [0.25, 0.3) is 0 Å². The lowest BCUT2D eigenvalue weighted by molar-refractivity contribution is -0.115. The zero-order valence-electron chi connectivity index (χ0n) is 12.7. The smallest absolute Gasteiger partial charge is 0.255 e. The van der Waals surface area contributed by atoms with Gasteiger partial charge in [-0.3, -0.25) is 9.59 Å². The molecule has 0 aliphatic rings. The average Bonchev–Trinajstić information content (AvgIpc) is 2.55. The fourth-order valence-corrected chi connectivity index (χ4v) is 2.66. The second-order valence-electron chi connectivity index (χ2n) is 4.66. The van der Waals surface area contributed by atoms with E-state index >= 15 is 0 Å². The highest BCUT2D eigenvalue weighted by Crippen LogP contribution is 2.27. The molecule has 0 aromatic heterocycles. The first kappa shape index (κ1) is 16.9. The summed E-state index contributed by atoms with van der Waals surface area (Å²) in [6.45, 7) is 2.48. The minimum Gasteiger partial charge on any atom is -0.494 e. The topological polar surface area (TPSA) is 81.4 Å². The van der Waals surface area contributed by atoms with Crippen LogP contribution in [0.15, 0.2) is 53.4 Å². The number of amides is 2. The van der Waals surface area contributed by atoms with Crippen LogP contribution in [0.4, 0.5) is 5.69 Å². The summed E-state index contributed by atoms with van der Waals surface area (Å²) in [5.41, 5.74) is 6.34. The Bertz CT molecular complexity index is 686. The Morgan fingerprint density at radius 1 is 1.13 bits per heavy atom. The van der Waals surface area contributed by atoms with Crippen LogP contribution in [-0.2, 0) is 4.79 Å². The Balaban J connectivity index is 2.09. The van der Waals surface area contributed by atoms with Crippen molar-refractivity contribution in [3.8, 4) is 5.75 Å². The van der Waals surface area contributed by atoms with Crippen molar-refractivity contribution in [2.75, 3.05) is 17.7 Å². The molecule has 0 radical (unpaired) electrons. The lowest BCUT2D eigenvalue weighted by Crippen LogP contribution is -2.14. The molecule has 0 bridgehead atoms. The molecule has 3 N–H and O–H groups in total. The molecule has 2 aromatic rings. The van der Waals surface area contributed by atoms with Gasteiger partial charge in [-0.15, -0.1) is 11.8 Å². The molecular formula is C17H18N2O3S. The molecule has 5 nitrogen and oxygen atoms in total. The molecule has 0 heterocycles. The number of nitrogens with two attached hydrogens (primary N) is 1. The van der Waals surface area contributed by atoms with Crippen molar-refractivity contribution in [2.24, 2.45) is 5.73 Å². The van der Waals surface area contributed by atoms with Crippen molar-refractivity contribution in [1.82, 2.24) is 0 Å². The van der Waals surface area contributed by atoms with E-state index in [-0.39, 0.29) is 11.7 Å². The van der Waals surface area contributed by atoms with Crippen LogP contribution in [-0.4, -0.2) is 24.2 Å². The number of carbonyl (C=O) groups excluding carboxylic acids is 2. The summed E-state index contributed by atoms with van der Waals surface area (Å²) in [4.78, 5) is 24.0. The molecule has 23 heavy (non-hydrogen) atoms. The van der Waals surface area contributed by atoms with Gasteiger partial charge in [0.05, 0.1) is 18.0 Å². The molecule has 0 aliphatic heterocycles. The van der Waals surface area contributed by atoms with Gasteiger partial charge in [0.1, 0.15) is 5.75 Å². The second-order valence-corrected chi connectivity index (χ2v) is 5.68. The minimum atomic E-state index is -0.400. The number of rotatable bonds is 7.